The predicted molar refractivity (Wildman–Crippen MR) is 175 cm³/mol. The van der Waals surface area contributed by atoms with Crippen LogP contribution in [0, 0.1) is 17.1 Å². The van der Waals surface area contributed by atoms with Gasteiger partial charge in [-0.1, -0.05) is 38.5 Å². The highest BCUT2D eigenvalue weighted by molar-refractivity contribution is 6.76. The molecule has 10 nitrogen and oxygen atoms in total. The van der Waals surface area contributed by atoms with Crippen LogP contribution in [0.5, 0.6) is 0 Å². The number of amides is 1. The molecule has 1 aliphatic rings. The van der Waals surface area contributed by atoms with Gasteiger partial charge in [0.15, 0.2) is 11.3 Å². The molecule has 2 aromatic carbocycles. The van der Waals surface area contributed by atoms with E-state index in [1.807, 2.05) is 16.7 Å². The van der Waals surface area contributed by atoms with Crippen LogP contribution in [0.15, 0.2) is 61.2 Å². The Kier molecular flexibility index (Phi) is 9.05. The SMILES string of the molecule is C[Si](C)(C)CCOCn1c(C2CCCC2)nc2ncnc(C(=O)NCc3cc(F)cc(-c4cnn(-c5cccc(C#N)c5)c4)c3)c21. The van der Waals surface area contributed by atoms with Crippen molar-refractivity contribution in [2.24, 2.45) is 0 Å². The normalized spacial score (nSPS) is 13.7. The summed E-state index contributed by atoms with van der Waals surface area (Å²) in [5.41, 5.74) is 4.39. The van der Waals surface area contributed by atoms with Crippen molar-refractivity contribution in [1.29, 1.82) is 5.26 Å². The van der Waals surface area contributed by atoms with Gasteiger partial charge in [0.1, 0.15) is 30.2 Å². The molecule has 0 unspecified atom stereocenters. The number of imidazole rings is 1. The molecule has 1 amide bonds. The van der Waals surface area contributed by atoms with Gasteiger partial charge in [0.2, 0.25) is 0 Å². The van der Waals surface area contributed by atoms with E-state index in [0.717, 1.165) is 43.2 Å². The molecule has 6 rings (SSSR count). The van der Waals surface area contributed by atoms with E-state index in [1.54, 1.807) is 35.3 Å². The topological polar surface area (TPSA) is 124 Å². The van der Waals surface area contributed by atoms with Crippen LogP contribution in [0.4, 0.5) is 4.39 Å². The van der Waals surface area contributed by atoms with Crippen molar-refractivity contribution in [3.8, 4) is 22.9 Å². The molecule has 3 aromatic heterocycles. The number of nitriles is 1. The molecule has 1 saturated carbocycles. The van der Waals surface area contributed by atoms with Crippen LogP contribution in [0.3, 0.4) is 0 Å². The van der Waals surface area contributed by atoms with Crippen molar-refractivity contribution in [3.63, 3.8) is 0 Å². The molecule has 1 fully saturated rings. The molecule has 1 N–H and O–H groups in total. The molecule has 12 heteroatoms. The highest BCUT2D eigenvalue weighted by Crippen LogP contribution is 2.35. The molecule has 236 valence electrons. The van der Waals surface area contributed by atoms with E-state index in [4.69, 9.17) is 9.72 Å². The summed E-state index contributed by atoms with van der Waals surface area (Å²) in [6, 6.07) is 14.9. The first kappa shape index (κ1) is 31.3. The third-order valence-corrected chi connectivity index (χ3v) is 9.99. The molecule has 0 bridgehead atoms. The van der Waals surface area contributed by atoms with Crippen molar-refractivity contribution in [1.82, 2.24) is 34.6 Å². The third-order valence-electron chi connectivity index (χ3n) is 8.29. The lowest BCUT2D eigenvalue weighted by molar-refractivity contribution is 0.0865. The fraction of sp³-hybridized carbons (Fsp3) is 0.353. The van der Waals surface area contributed by atoms with E-state index >= 15 is 0 Å². The third kappa shape index (κ3) is 7.06. The molecule has 0 atom stereocenters. The van der Waals surface area contributed by atoms with Gasteiger partial charge in [0, 0.05) is 38.9 Å². The molecule has 5 aromatic rings. The number of carbonyl (C=O) groups is 1. The molecular formula is C34H37FN8O2Si. The van der Waals surface area contributed by atoms with E-state index in [-0.39, 0.29) is 24.9 Å². The summed E-state index contributed by atoms with van der Waals surface area (Å²) in [7, 11) is -1.27. The van der Waals surface area contributed by atoms with E-state index < -0.39 is 19.8 Å². The number of benzene rings is 2. The molecule has 3 heterocycles. The number of fused-ring (bicyclic) bond motifs is 1. The Hall–Kier alpha value is -4.73. The summed E-state index contributed by atoms with van der Waals surface area (Å²) >= 11 is 0. The Labute approximate surface area is 268 Å². The summed E-state index contributed by atoms with van der Waals surface area (Å²) in [4.78, 5) is 27.3. The van der Waals surface area contributed by atoms with Crippen LogP contribution >= 0.6 is 0 Å². The Morgan fingerprint density at radius 1 is 1.13 bits per heavy atom. The maximum absolute atomic E-state index is 14.8. The number of hydrogen-bond donors (Lipinski definition) is 1. The quantitative estimate of drug-likeness (QED) is 0.128. The minimum absolute atomic E-state index is 0.0871. The van der Waals surface area contributed by atoms with Gasteiger partial charge < -0.3 is 14.6 Å². The van der Waals surface area contributed by atoms with Gasteiger partial charge in [-0.3, -0.25) is 4.79 Å². The zero-order chi connectivity index (χ0) is 32.3. The van der Waals surface area contributed by atoms with Gasteiger partial charge in [-0.05, 0) is 66.4 Å². The number of carbonyl (C=O) groups excluding carboxylic acids is 1. The van der Waals surface area contributed by atoms with Gasteiger partial charge in [0.05, 0.1) is 23.5 Å². The Bertz CT molecular complexity index is 1920. The summed E-state index contributed by atoms with van der Waals surface area (Å²) in [6.45, 7) is 7.95. The lowest BCUT2D eigenvalue weighted by Gasteiger charge is -2.18. The van der Waals surface area contributed by atoms with Crippen LogP contribution in [-0.4, -0.2) is 49.9 Å². The molecule has 0 radical (unpaired) electrons. The Morgan fingerprint density at radius 3 is 2.74 bits per heavy atom. The highest BCUT2D eigenvalue weighted by Gasteiger charge is 2.27. The van der Waals surface area contributed by atoms with Crippen molar-refractivity contribution in [2.45, 2.75) is 70.6 Å². The maximum atomic E-state index is 14.8. The first-order valence-electron chi connectivity index (χ1n) is 15.6. The number of rotatable bonds is 11. The van der Waals surface area contributed by atoms with E-state index in [2.05, 4.69) is 46.1 Å². The van der Waals surface area contributed by atoms with Crippen molar-refractivity contribution in [2.75, 3.05) is 6.61 Å². The van der Waals surface area contributed by atoms with Crippen molar-refractivity contribution in [3.05, 3.63) is 89.6 Å². The van der Waals surface area contributed by atoms with Crippen LogP contribution in [0.25, 0.3) is 28.0 Å². The second kappa shape index (κ2) is 13.3. The number of halogens is 1. The average Bonchev–Trinajstić information content (AvgIpc) is 3.82. The van der Waals surface area contributed by atoms with Crippen LogP contribution in [0.2, 0.25) is 25.7 Å². The largest absolute Gasteiger partial charge is 0.361 e. The fourth-order valence-electron chi connectivity index (χ4n) is 5.83. The van der Waals surface area contributed by atoms with Gasteiger partial charge in [-0.2, -0.15) is 10.4 Å². The van der Waals surface area contributed by atoms with E-state index in [9.17, 15) is 14.4 Å². The molecule has 0 spiro atoms. The number of nitrogens with zero attached hydrogens (tertiary/aromatic N) is 7. The average molecular weight is 637 g/mol. The summed E-state index contributed by atoms with van der Waals surface area (Å²) < 4.78 is 24.6. The van der Waals surface area contributed by atoms with Crippen molar-refractivity contribution < 1.29 is 13.9 Å². The monoisotopic (exact) mass is 636 g/mol. The molecule has 0 aliphatic heterocycles. The summed E-state index contributed by atoms with van der Waals surface area (Å²) in [6.07, 6.45) is 9.16. The zero-order valence-electron chi connectivity index (χ0n) is 26.3. The zero-order valence-corrected chi connectivity index (χ0v) is 27.3. The number of ether oxygens (including phenoxy) is 1. The second-order valence-electron chi connectivity index (χ2n) is 13.0. The molecule has 46 heavy (non-hydrogen) atoms. The maximum Gasteiger partial charge on any atom is 0.272 e. The Morgan fingerprint density at radius 2 is 1.96 bits per heavy atom. The molecule has 0 saturated heterocycles. The minimum atomic E-state index is -1.27. The van der Waals surface area contributed by atoms with Crippen molar-refractivity contribution >= 4 is 25.1 Å². The highest BCUT2D eigenvalue weighted by atomic mass is 28.3. The number of hydrogen-bond acceptors (Lipinski definition) is 7. The number of aromatic nitrogens is 6. The molecule has 1 aliphatic carbocycles. The van der Waals surface area contributed by atoms with Gasteiger partial charge in [0.25, 0.3) is 5.91 Å². The van der Waals surface area contributed by atoms with E-state index in [1.165, 1.54) is 18.5 Å². The number of nitrogens with one attached hydrogen (secondary N) is 1. The lowest BCUT2D eigenvalue weighted by Crippen LogP contribution is -2.25. The van der Waals surface area contributed by atoms with Crippen LogP contribution < -0.4 is 5.32 Å². The first-order chi connectivity index (χ1) is 22.2. The smallest absolute Gasteiger partial charge is 0.272 e. The predicted octanol–water partition coefficient (Wildman–Crippen LogP) is 6.59. The van der Waals surface area contributed by atoms with Gasteiger partial charge in [-0.15, -0.1) is 0 Å². The van der Waals surface area contributed by atoms with Gasteiger partial charge in [-0.25, -0.2) is 24.0 Å². The van der Waals surface area contributed by atoms with Crippen LogP contribution in [-0.2, 0) is 18.0 Å². The fourth-order valence-corrected chi connectivity index (χ4v) is 6.58. The van der Waals surface area contributed by atoms with Gasteiger partial charge >= 0.3 is 0 Å². The summed E-state index contributed by atoms with van der Waals surface area (Å²) in [5.74, 6) is 0.352. The molecular weight excluding hydrogens is 600 g/mol. The lowest BCUT2D eigenvalue weighted by atomic mass is 10.1. The Balaban J connectivity index is 1.23. The second-order valence-corrected chi connectivity index (χ2v) is 18.6. The first-order valence-corrected chi connectivity index (χ1v) is 19.3. The minimum Gasteiger partial charge on any atom is -0.361 e. The standard InChI is InChI=1S/C34H37FN8O2Si/c1-46(2,3)12-11-45-22-42-31-30(38-21-39-32(31)41-33(42)25-8-4-5-9-25)34(44)37-18-24-13-26(16-28(35)14-24)27-19-40-43(20-27)29-10-6-7-23(15-29)17-36/h6-7,10,13-16,19-21,25H,4-5,8-9,11-12,18,22H2,1-3H3,(H,37,44). The van der Waals surface area contributed by atoms with Crippen LogP contribution in [0.1, 0.15) is 59.0 Å². The summed E-state index contributed by atoms with van der Waals surface area (Å²) in [5, 5.41) is 16.6. The van der Waals surface area contributed by atoms with E-state index in [0.29, 0.717) is 40.0 Å².